The predicted octanol–water partition coefficient (Wildman–Crippen LogP) is 6.12. The average Bonchev–Trinajstić information content (AvgIpc) is 2.99. The van der Waals surface area contributed by atoms with Gasteiger partial charge >= 0.3 is 0 Å². The molecule has 4 heteroatoms. The molecule has 0 radical (unpaired) electrons. The molecule has 0 aromatic carbocycles. The van der Waals surface area contributed by atoms with E-state index in [-0.39, 0.29) is 0 Å². The number of hydrogen-bond acceptors (Lipinski definition) is 2. The van der Waals surface area contributed by atoms with Crippen molar-refractivity contribution >= 4 is 19.3 Å². The first kappa shape index (κ1) is 17.9. The highest BCUT2D eigenvalue weighted by Crippen LogP contribution is 2.44. The maximum atomic E-state index is 4.90. The van der Waals surface area contributed by atoms with Crippen LogP contribution in [0.3, 0.4) is 0 Å². The van der Waals surface area contributed by atoms with E-state index in [1.54, 1.807) is 6.20 Å². The van der Waals surface area contributed by atoms with E-state index < -0.39 is 8.24 Å². The van der Waals surface area contributed by atoms with E-state index in [2.05, 4.69) is 75.2 Å². The first-order chi connectivity index (χ1) is 11.9. The highest BCUT2D eigenvalue weighted by Gasteiger charge is 2.45. The molecule has 3 nitrogen and oxygen atoms in total. The topological polar surface area (TPSA) is 30.7 Å². The molecule has 0 amide bonds. The van der Waals surface area contributed by atoms with Crippen LogP contribution >= 0.6 is 0 Å². The summed E-state index contributed by atoms with van der Waals surface area (Å²) in [5, 5.41) is 1.22. The molecular weight excluding hydrogens is 322 g/mol. The molecular formula is C21H29N3Si. The zero-order chi connectivity index (χ0) is 18.2. The lowest BCUT2D eigenvalue weighted by Gasteiger charge is -2.44. The Morgan fingerprint density at radius 3 is 2.12 bits per heavy atom. The lowest BCUT2D eigenvalue weighted by atomic mass is 10.1. The Balaban J connectivity index is 2.18. The quantitative estimate of drug-likeness (QED) is 0.518. The van der Waals surface area contributed by atoms with Gasteiger partial charge in [-0.1, -0.05) is 47.6 Å². The van der Waals surface area contributed by atoms with Gasteiger partial charge in [0.05, 0.1) is 0 Å². The molecule has 25 heavy (non-hydrogen) atoms. The molecule has 0 aliphatic heterocycles. The Labute approximate surface area is 152 Å². The smallest absolute Gasteiger partial charge is 0.171 e. The second-order valence-corrected chi connectivity index (χ2v) is 13.6. The second-order valence-electron chi connectivity index (χ2n) is 7.92. The molecule has 3 rings (SSSR count). The fourth-order valence-corrected chi connectivity index (χ4v) is 11.4. The summed E-state index contributed by atoms with van der Waals surface area (Å²) < 4.78 is 2.56. The Kier molecular flexibility index (Phi) is 4.83. The third-order valence-electron chi connectivity index (χ3n) is 5.71. The SMILES string of the molecule is CC(C)[Si](C(C)C)(C(C)C)n1ccc2cc(-c3cccnc3)cnc21. The van der Waals surface area contributed by atoms with Gasteiger partial charge in [-0.05, 0) is 41.0 Å². The molecule has 3 heterocycles. The molecule has 0 N–H and O–H groups in total. The zero-order valence-corrected chi connectivity index (χ0v) is 17.2. The van der Waals surface area contributed by atoms with Gasteiger partial charge in [-0.15, -0.1) is 0 Å². The van der Waals surface area contributed by atoms with Crippen molar-refractivity contribution in [3.05, 3.63) is 49.1 Å². The Morgan fingerprint density at radius 1 is 0.880 bits per heavy atom. The fourth-order valence-electron chi connectivity index (χ4n) is 4.86. The lowest BCUT2D eigenvalue weighted by molar-refractivity contribution is 0.770. The molecule has 0 bridgehead atoms. The van der Waals surface area contributed by atoms with Gasteiger partial charge in [0.25, 0.3) is 0 Å². The van der Waals surface area contributed by atoms with Crippen LogP contribution in [0.4, 0.5) is 0 Å². The van der Waals surface area contributed by atoms with Gasteiger partial charge < -0.3 is 4.23 Å². The van der Waals surface area contributed by atoms with Crippen LogP contribution in [0.1, 0.15) is 41.5 Å². The minimum atomic E-state index is -1.77. The van der Waals surface area contributed by atoms with Crippen LogP contribution in [-0.4, -0.2) is 22.4 Å². The average molecular weight is 352 g/mol. The van der Waals surface area contributed by atoms with Crippen molar-refractivity contribution in [1.82, 2.24) is 14.2 Å². The van der Waals surface area contributed by atoms with Gasteiger partial charge in [0.1, 0.15) is 5.65 Å². The van der Waals surface area contributed by atoms with Gasteiger partial charge in [-0.25, -0.2) is 4.98 Å². The molecule has 0 saturated heterocycles. The minimum Gasteiger partial charge on any atom is -0.359 e. The van der Waals surface area contributed by atoms with E-state index >= 15 is 0 Å². The fraction of sp³-hybridized carbons (Fsp3) is 0.429. The minimum absolute atomic E-state index is 0.655. The number of hydrogen-bond donors (Lipinski definition) is 0. The molecule has 0 saturated carbocycles. The number of aromatic nitrogens is 3. The first-order valence-corrected chi connectivity index (χ1v) is 11.4. The van der Waals surface area contributed by atoms with Gasteiger partial charge in [-0.3, -0.25) is 4.98 Å². The van der Waals surface area contributed by atoms with Crippen molar-refractivity contribution in [2.24, 2.45) is 0 Å². The van der Waals surface area contributed by atoms with Crippen LogP contribution < -0.4 is 0 Å². The highest BCUT2D eigenvalue weighted by molar-refractivity contribution is 6.82. The number of fused-ring (bicyclic) bond motifs is 1. The van der Waals surface area contributed by atoms with Crippen LogP contribution in [0.5, 0.6) is 0 Å². The maximum absolute atomic E-state index is 4.90. The van der Waals surface area contributed by atoms with Crippen LogP contribution in [0.15, 0.2) is 49.1 Å². The molecule has 0 atom stereocenters. The number of pyridine rings is 2. The van der Waals surface area contributed by atoms with Crippen molar-refractivity contribution in [3.63, 3.8) is 0 Å². The van der Waals surface area contributed by atoms with Crippen molar-refractivity contribution in [3.8, 4) is 11.1 Å². The molecule has 3 aromatic heterocycles. The zero-order valence-electron chi connectivity index (χ0n) is 16.2. The van der Waals surface area contributed by atoms with Gasteiger partial charge in [-0.2, -0.15) is 0 Å². The third kappa shape index (κ3) is 2.82. The Bertz CT molecular complexity index is 828. The highest BCUT2D eigenvalue weighted by atomic mass is 28.3. The summed E-state index contributed by atoms with van der Waals surface area (Å²) in [7, 11) is -1.77. The van der Waals surface area contributed by atoms with E-state index in [4.69, 9.17) is 4.98 Å². The van der Waals surface area contributed by atoms with Crippen LogP contribution in [0.2, 0.25) is 16.6 Å². The summed E-state index contributed by atoms with van der Waals surface area (Å²) >= 11 is 0. The van der Waals surface area contributed by atoms with Crippen LogP contribution in [-0.2, 0) is 0 Å². The van der Waals surface area contributed by atoms with Crippen molar-refractivity contribution in [2.75, 3.05) is 0 Å². The second kappa shape index (κ2) is 6.75. The molecule has 0 fully saturated rings. The van der Waals surface area contributed by atoms with E-state index in [9.17, 15) is 0 Å². The molecule has 132 valence electrons. The van der Waals surface area contributed by atoms with Crippen LogP contribution in [0, 0.1) is 0 Å². The molecule has 0 aliphatic carbocycles. The summed E-state index contributed by atoms with van der Waals surface area (Å²) in [5.74, 6) is 0. The van der Waals surface area contributed by atoms with Gasteiger partial charge in [0, 0.05) is 35.1 Å². The third-order valence-corrected chi connectivity index (χ3v) is 12.5. The summed E-state index contributed by atoms with van der Waals surface area (Å²) in [5.41, 5.74) is 5.35. The van der Waals surface area contributed by atoms with Crippen molar-refractivity contribution in [2.45, 2.75) is 58.2 Å². The summed E-state index contributed by atoms with van der Waals surface area (Å²) in [6, 6.07) is 8.54. The number of rotatable bonds is 5. The van der Waals surface area contributed by atoms with E-state index in [0.717, 1.165) is 16.8 Å². The number of nitrogens with zero attached hydrogens (tertiary/aromatic N) is 3. The monoisotopic (exact) mass is 351 g/mol. The molecule has 0 aliphatic rings. The molecule has 0 unspecified atom stereocenters. The van der Waals surface area contributed by atoms with Gasteiger partial charge in [0.15, 0.2) is 8.24 Å². The standard InChI is InChI=1S/C21H29N3Si/c1-15(2)25(16(3)4,17(5)6)24-11-9-18-12-20(14-23-21(18)24)19-8-7-10-22-13-19/h7-17H,1-6H3. The first-order valence-electron chi connectivity index (χ1n) is 9.27. The predicted molar refractivity (Wildman–Crippen MR) is 109 cm³/mol. The Hall–Kier alpha value is -1.94. The normalized spacial score (nSPS) is 12.7. The molecule has 0 spiro atoms. The summed E-state index contributed by atoms with van der Waals surface area (Å²) in [6.45, 7) is 14.3. The Morgan fingerprint density at radius 2 is 1.56 bits per heavy atom. The largest absolute Gasteiger partial charge is 0.359 e. The van der Waals surface area contributed by atoms with E-state index in [1.165, 1.54) is 5.39 Å². The summed E-state index contributed by atoms with van der Waals surface area (Å²) in [6.07, 6.45) is 7.99. The lowest BCUT2D eigenvalue weighted by Crippen LogP contribution is -2.51. The van der Waals surface area contributed by atoms with Crippen LogP contribution in [0.25, 0.3) is 22.2 Å². The summed E-state index contributed by atoms with van der Waals surface area (Å²) in [4.78, 5) is 9.13. The maximum Gasteiger partial charge on any atom is 0.171 e. The van der Waals surface area contributed by atoms with E-state index in [0.29, 0.717) is 16.6 Å². The molecule has 3 aromatic rings. The van der Waals surface area contributed by atoms with Crippen molar-refractivity contribution in [1.29, 1.82) is 0 Å². The van der Waals surface area contributed by atoms with Gasteiger partial charge in [0.2, 0.25) is 0 Å². The van der Waals surface area contributed by atoms with E-state index in [1.807, 2.05) is 18.5 Å². The van der Waals surface area contributed by atoms with Crippen molar-refractivity contribution < 1.29 is 0 Å².